The molecule has 0 aromatic heterocycles. The Morgan fingerprint density at radius 3 is 2.79 bits per heavy atom. The van der Waals surface area contributed by atoms with Crippen molar-refractivity contribution >= 4 is 5.84 Å². The highest BCUT2D eigenvalue weighted by Gasteiger charge is 2.47. The van der Waals surface area contributed by atoms with Crippen molar-refractivity contribution in [3.05, 3.63) is 0 Å². The van der Waals surface area contributed by atoms with E-state index in [1.54, 1.807) is 0 Å². The van der Waals surface area contributed by atoms with Crippen molar-refractivity contribution in [1.82, 2.24) is 10.6 Å². The van der Waals surface area contributed by atoms with Crippen LogP contribution in [0.4, 0.5) is 0 Å². The number of fused-ring (bicyclic) bond motifs is 1. The molecule has 0 radical (unpaired) electrons. The van der Waals surface area contributed by atoms with E-state index in [9.17, 15) is 10.2 Å². The predicted molar refractivity (Wildman–Crippen MR) is 73.3 cm³/mol. The highest BCUT2D eigenvalue weighted by molar-refractivity contribution is 5.85. The number of hydrogen-bond donors (Lipinski definition) is 4. The fourth-order valence-electron chi connectivity index (χ4n) is 2.66. The second-order valence-corrected chi connectivity index (χ2v) is 5.55. The third-order valence-corrected chi connectivity index (χ3v) is 3.65. The molecule has 0 aliphatic carbocycles. The maximum atomic E-state index is 10.2. The topological polar surface area (TPSA) is 86.1 Å². The highest BCUT2D eigenvalue weighted by Crippen LogP contribution is 2.27. The van der Waals surface area contributed by atoms with Crippen molar-refractivity contribution in [1.29, 1.82) is 0 Å². The Morgan fingerprint density at radius 2 is 2.16 bits per heavy atom. The Kier molecular flexibility index (Phi) is 4.78. The van der Waals surface area contributed by atoms with Crippen LogP contribution in [0.25, 0.3) is 0 Å². The van der Waals surface area contributed by atoms with Crippen LogP contribution in [-0.2, 0) is 4.74 Å². The van der Waals surface area contributed by atoms with Gasteiger partial charge in [-0.05, 0) is 6.92 Å². The molecule has 5 atom stereocenters. The fraction of sp³-hybridized carbons (Fsp3) is 0.923. The summed E-state index contributed by atoms with van der Waals surface area (Å²) in [6.45, 7) is 7.30. The van der Waals surface area contributed by atoms with Crippen LogP contribution < -0.4 is 10.6 Å². The van der Waals surface area contributed by atoms with Gasteiger partial charge in [-0.2, -0.15) is 0 Å². The first-order valence-corrected chi connectivity index (χ1v) is 7.07. The van der Waals surface area contributed by atoms with Crippen LogP contribution >= 0.6 is 0 Å². The summed E-state index contributed by atoms with van der Waals surface area (Å²) in [5.41, 5.74) is 0. The van der Waals surface area contributed by atoms with Crippen molar-refractivity contribution in [2.45, 2.75) is 63.7 Å². The summed E-state index contributed by atoms with van der Waals surface area (Å²) >= 11 is 0. The van der Waals surface area contributed by atoms with Gasteiger partial charge >= 0.3 is 0 Å². The molecule has 0 aromatic rings. The minimum atomic E-state index is -0.874. The second-order valence-electron chi connectivity index (χ2n) is 5.55. The van der Waals surface area contributed by atoms with Crippen molar-refractivity contribution in [2.75, 3.05) is 13.1 Å². The van der Waals surface area contributed by atoms with Gasteiger partial charge in [0.25, 0.3) is 0 Å². The number of ether oxygens (including phenoxy) is 1. The predicted octanol–water partition coefficient (Wildman–Crippen LogP) is -0.746. The quantitative estimate of drug-likeness (QED) is 0.541. The van der Waals surface area contributed by atoms with Crippen LogP contribution in [0.2, 0.25) is 0 Å². The molecule has 2 aliphatic heterocycles. The molecule has 6 heteroatoms. The van der Waals surface area contributed by atoms with Crippen molar-refractivity contribution in [3.63, 3.8) is 0 Å². The van der Waals surface area contributed by atoms with E-state index in [0.717, 1.165) is 5.84 Å². The van der Waals surface area contributed by atoms with Crippen molar-refractivity contribution in [2.24, 2.45) is 4.99 Å². The minimum Gasteiger partial charge on any atom is -0.388 e. The summed E-state index contributed by atoms with van der Waals surface area (Å²) in [7, 11) is 0. The van der Waals surface area contributed by atoms with Gasteiger partial charge in [0, 0.05) is 25.6 Å². The molecule has 0 saturated carbocycles. The molecule has 0 bridgehead atoms. The molecule has 6 nitrogen and oxygen atoms in total. The maximum Gasteiger partial charge on any atom is 0.109 e. The summed E-state index contributed by atoms with van der Waals surface area (Å²) < 4.78 is 5.90. The number of nitrogens with zero attached hydrogens (tertiary/aromatic N) is 1. The zero-order valence-electron chi connectivity index (χ0n) is 11.8. The van der Waals surface area contributed by atoms with E-state index >= 15 is 0 Å². The number of nitrogens with one attached hydrogen (secondary N) is 2. The number of aliphatic hydroxyl groups is 2. The first-order chi connectivity index (χ1) is 9.02. The molecule has 19 heavy (non-hydrogen) atoms. The monoisotopic (exact) mass is 271 g/mol. The Hall–Kier alpha value is -0.690. The van der Waals surface area contributed by atoms with Gasteiger partial charge < -0.3 is 25.6 Å². The van der Waals surface area contributed by atoms with E-state index in [1.165, 1.54) is 0 Å². The molecule has 0 unspecified atom stereocenters. The van der Waals surface area contributed by atoms with Gasteiger partial charge in [0.1, 0.15) is 12.2 Å². The Bertz CT molecular complexity index is 335. The van der Waals surface area contributed by atoms with Crippen LogP contribution in [0.15, 0.2) is 4.99 Å². The van der Waals surface area contributed by atoms with Crippen LogP contribution in [0, 0.1) is 0 Å². The van der Waals surface area contributed by atoms with E-state index in [-0.39, 0.29) is 18.2 Å². The van der Waals surface area contributed by atoms with Crippen LogP contribution in [0.5, 0.6) is 0 Å². The standard InChI is InChI=1S/C13H25N3O3/c1-4-14-10-5-8-11(16-10)13(18)12(17)9(19-8)6-15-7(2)3/h7-9,11-13,15,17-18H,4-6H2,1-3H3,(H,14,16)/t8-,9-,11+,12-,13-/m1/s1. The van der Waals surface area contributed by atoms with E-state index in [0.29, 0.717) is 25.6 Å². The molecular weight excluding hydrogens is 246 g/mol. The number of hydrogen-bond acceptors (Lipinski definition) is 5. The molecule has 0 amide bonds. The van der Waals surface area contributed by atoms with Gasteiger partial charge in [0.05, 0.1) is 24.1 Å². The smallest absolute Gasteiger partial charge is 0.109 e. The summed E-state index contributed by atoms with van der Waals surface area (Å²) in [6, 6.07) is 0.0696. The number of rotatable bonds is 4. The zero-order valence-corrected chi connectivity index (χ0v) is 11.8. The van der Waals surface area contributed by atoms with Crippen molar-refractivity contribution in [3.8, 4) is 0 Å². The lowest BCUT2D eigenvalue weighted by Crippen LogP contribution is -2.61. The van der Waals surface area contributed by atoms with E-state index in [2.05, 4.69) is 15.6 Å². The maximum absolute atomic E-state index is 10.2. The Morgan fingerprint density at radius 1 is 1.42 bits per heavy atom. The zero-order chi connectivity index (χ0) is 14.0. The average Bonchev–Trinajstić information content (AvgIpc) is 2.75. The van der Waals surface area contributed by atoms with Gasteiger partial charge in [-0.1, -0.05) is 13.8 Å². The number of amidine groups is 1. The van der Waals surface area contributed by atoms with Crippen LogP contribution in [0.3, 0.4) is 0 Å². The molecular formula is C13H25N3O3. The lowest BCUT2D eigenvalue weighted by atomic mass is 9.93. The molecule has 0 spiro atoms. The fourth-order valence-corrected chi connectivity index (χ4v) is 2.66. The Labute approximate surface area is 114 Å². The van der Waals surface area contributed by atoms with E-state index < -0.39 is 12.2 Å². The number of aliphatic imine (C=N–C) groups is 1. The van der Waals surface area contributed by atoms with Gasteiger partial charge in [0.2, 0.25) is 0 Å². The Balaban J connectivity index is 2.00. The largest absolute Gasteiger partial charge is 0.388 e. The molecule has 2 rings (SSSR count). The summed E-state index contributed by atoms with van der Waals surface area (Å²) in [6.07, 6.45) is -1.49. The SMILES string of the molecule is CCN=C1C[C@H]2O[C@H](CNC(C)C)[C@@H](O)[C@H](O)[C@H]2N1. The third kappa shape index (κ3) is 3.25. The first kappa shape index (κ1) is 14.7. The van der Waals surface area contributed by atoms with Crippen LogP contribution in [-0.4, -0.2) is 65.6 Å². The molecule has 2 aliphatic rings. The molecule has 2 heterocycles. The lowest BCUT2D eigenvalue weighted by Gasteiger charge is -2.40. The summed E-state index contributed by atoms with van der Waals surface area (Å²) in [4.78, 5) is 4.32. The molecule has 0 aromatic carbocycles. The third-order valence-electron chi connectivity index (χ3n) is 3.65. The van der Waals surface area contributed by atoms with E-state index in [4.69, 9.17) is 4.74 Å². The van der Waals surface area contributed by atoms with Gasteiger partial charge in [-0.3, -0.25) is 4.99 Å². The second kappa shape index (κ2) is 6.17. The molecule has 2 saturated heterocycles. The lowest BCUT2D eigenvalue weighted by molar-refractivity contribution is -0.172. The van der Waals surface area contributed by atoms with Crippen molar-refractivity contribution < 1.29 is 14.9 Å². The van der Waals surface area contributed by atoms with Gasteiger partial charge in [-0.15, -0.1) is 0 Å². The number of aliphatic hydroxyl groups excluding tert-OH is 2. The highest BCUT2D eigenvalue weighted by atomic mass is 16.5. The molecule has 110 valence electrons. The first-order valence-electron chi connectivity index (χ1n) is 7.07. The summed E-state index contributed by atoms with van der Waals surface area (Å²) in [5, 5.41) is 26.7. The molecule has 2 fully saturated rings. The average molecular weight is 271 g/mol. The van der Waals surface area contributed by atoms with Crippen LogP contribution in [0.1, 0.15) is 27.2 Å². The van der Waals surface area contributed by atoms with Gasteiger partial charge in [-0.25, -0.2) is 0 Å². The normalized spacial score (nSPS) is 40.5. The van der Waals surface area contributed by atoms with Gasteiger partial charge in [0.15, 0.2) is 0 Å². The minimum absolute atomic E-state index is 0.109. The summed E-state index contributed by atoms with van der Waals surface area (Å²) in [5.74, 6) is 0.862. The van der Waals surface area contributed by atoms with E-state index in [1.807, 2.05) is 20.8 Å². The molecule has 4 N–H and O–H groups in total.